The number of rotatable bonds is 7. The second kappa shape index (κ2) is 10.6. The highest BCUT2D eigenvalue weighted by Crippen LogP contribution is 2.29. The summed E-state index contributed by atoms with van der Waals surface area (Å²) in [5, 5.41) is 3.68. The van der Waals surface area contributed by atoms with Crippen molar-refractivity contribution in [3.05, 3.63) is 65.2 Å². The minimum Gasteiger partial charge on any atom is -0.375 e. The Morgan fingerprint density at radius 1 is 1.23 bits per heavy atom. The van der Waals surface area contributed by atoms with Crippen LogP contribution in [0, 0.1) is 17.6 Å². The van der Waals surface area contributed by atoms with Gasteiger partial charge in [0.05, 0.1) is 11.9 Å². The number of anilines is 1. The third-order valence-electron chi connectivity index (χ3n) is 5.31. The maximum atomic E-state index is 15.0. The quantitative estimate of drug-likeness (QED) is 0.385. The van der Waals surface area contributed by atoms with Crippen molar-refractivity contribution in [3.8, 4) is 0 Å². The second-order valence-electron chi connectivity index (χ2n) is 8.26. The molecule has 8 heteroatoms. The molecule has 1 aliphatic heterocycles. The zero-order chi connectivity index (χ0) is 22.4. The molecule has 1 saturated heterocycles. The molecular formula is C23H29F2N5S. The number of benzene rings is 2. The summed E-state index contributed by atoms with van der Waals surface area (Å²) in [7, 11) is 0. The summed E-state index contributed by atoms with van der Waals surface area (Å²) < 4.78 is 29.7. The van der Waals surface area contributed by atoms with Gasteiger partial charge in [-0.25, -0.2) is 8.78 Å². The van der Waals surface area contributed by atoms with Crippen LogP contribution in [0.2, 0.25) is 0 Å². The van der Waals surface area contributed by atoms with Crippen molar-refractivity contribution in [3.63, 3.8) is 0 Å². The molecule has 0 unspecified atom stereocenters. The lowest BCUT2D eigenvalue weighted by molar-refractivity contribution is 0.202. The highest BCUT2D eigenvalue weighted by atomic mass is 32.1. The van der Waals surface area contributed by atoms with Gasteiger partial charge in [-0.05, 0) is 36.2 Å². The third-order valence-corrected chi connectivity index (χ3v) is 5.40. The predicted molar refractivity (Wildman–Crippen MR) is 126 cm³/mol. The Bertz CT molecular complexity index is 920. The van der Waals surface area contributed by atoms with Crippen molar-refractivity contribution in [1.82, 2.24) is 10.3 Å². The molecule has 3 rings (SSSR count). The maximum absolute atomic E-state index is 15.0. The van der Waals surface area contributed by atoms with Crippen molar-refractivity contribution >= 4 is 29.2 Å². The standard InChI is InChI=1S/C23H29F2N5S/c1-16(2)10-19-15-29(14-17-6-4-3-5-7-17)8-9-30(19)22-12-20(24)18(11-21(22)25)13-27-28-23(26)31/h3-7,11-13,16,19H,8-10,14-15H2,1-2H3,(H3,26,28,31)/b27-13+/t19-/m0/s1. The summed E-state index contributed by atoms with van der Waals surface area (Å²) >= 11 is 4.65. The Kier molecular flexibility index (Phi) is 7.92. The van der Waals surface area contributed by atoms with E-state index in [2.05, 4.69) is 53.6 Å². The van der Waals surface area contributed by atoms with Crippen LogP contribution in [-0.4, -0.2) is 41.9 Å². The number of thiocarbonyl (C=S) groups is 1. The normalized spacial score (nSPS) is 17.5. The van der Waals surface area contributed by atoms with Crippen molar-refractivity contribution in [2.24, 2.45) is 16.8 Å². The molecule has 0 aliphatic carbocycles. The van der Waals surface area contributed by atoms with Crippen LogP contribution in [-0.2, 0) is 6.54 Å². The molecule has 166 valence electrons. The van der Waals surface area contributed by atoms with Gasteiger partial charge in [-0.1, -0.05) is 44.2 Å². The zero-order valence-corrected chi connectivity index (χ0v) is 18.7. The van der Waals surface area contributed by atoms with E-state index < -0.39 is 11.6 Å². The van der Waals surface area contributed by atoms with E-state index in [1.54, 1.807) is 0 Å². The molecule has 0 aromatic heterocycles. The van der Waals surface area contributed by atoms with E-state index in [-0.39, 0.29) is 16.7 Å². The lowest BCUT2D eigenvalue weighted by Crippen LogP contribution is -2.53. The van der Waals surface area contributed by atoms with Crippen LogP contribution in [0.4, 0.5) is 14.5 Å². The average molecular weight is 446 g/mol. The Morgan fingerprint density at radius 3 is 2.65 bits per heavy atom. The molecular weight excluding hydrogens is 416 g/mol. The molecule has 1 fully saturated rings. The fraction of sp³-hybridized carbons (Fsp3) is 0.391. The zero-order valence-electron chi connectivity index (χ0n) is 17.9. The molecule has 0 saturated carbocycles. The largest absolute Gasteiger partial charge is 0.375 e. The van der Waals surface area contributed by atoms with Crippen molar-refractivity contribution in [2.75, 3.05) is 24.5 Å². The van der Waals surface area contributed by atoms with E-state index in [0.717, 1.165) is 32.1 Å². The fourth-order valence-electron chi connectivity index (χ4n) is 4.00. The van der Waals surface area contributed by atoms with Crippen molar-refractivity contribution in [1.29, 1.82) is 0 Å². The number of hydrogen-bond donors (Lipinski definition) is 2. The first-order valence-electron chi connectivity index (χ1n) is 10.4. The Labute approximate surface area is 187 Å². The maximum Gasteiger partial charge on any atom is 0.184 e. The Hall–Kier alpha value is -2.58. The average Bonchev–Trinajstić information content (AvgIpc) is 2.71. The summed E-state index contributed by atoms with van der Waals surface area (Å²) in [6, 6.07) is 12.8. The van der Waals surface area contributed by atoms with E-state index in [4.69, 9.17) is 5.73 Å². The van der Waals surface area contributed by atoms with E-state index in [9.17, 15) is 4.39 Å². The molecule has 0 spiro atoms. The first kappa shape index (κ1) is 23.1. The summed E-state index contributed by atoms with van der Waals surface area (Å²) in [6.45, 7) is 7.38. The smallest absolute Gasteiger partial charge is 0.184 e. The molecule has 31 heavy (non-hydrogen) atoms. The van der Waals surface area contributed by atoms with Gasteiger partial charge < -0.3 is 10.6 Å². The fourth-order valence-corrected chi connectivity index (χ4v) is 4.06. The molecule has 5 nitrogen and oxygen atoms in total. The van der Waals surface area contributed by atoms with Gasteiger partial charge in [-0.15, -0.1) is 0 Å². The van der Waals surface area contributed by atoms with Crippen molar-refractivity contribution < 1.29 is 8.78 Å². The van der Waals surface area contributed by atoms with Gasteiger partial charge in [0.15, 0.2) is 5.11 Å². The minimum atomic E-state index is -0.542. The van der Waals surface area contributed by atoms with Crippen LogP contribution in [0.1, 0.15) is 31.4 Å². The van der Waals surface area contributed by atoms with Gasteiger partial charge >= 0.3 is 0 Å². The number of nitrogens with zero attached hydrogens (tertiary/aromatic N) is 3. The SMILES string of the molecule is CC(C)C[C@H]1CN(Cc2ccccc2)CCN1c1cc(F)c(/C=N/NC(N)=S)cc1F. The highest BCUT2D eigenvalue weighted by molar-refractivity contribution is 7.80. The molecule has 3 N–H and O–H groups in total. The second-order valence-corrected chi connectivity index (χ2v) is 8.70. The Balaban J connectivity index is 1.79. The third kappa shape index (κ3) is 6.45. The molecule has 0 bridgehead atoms. The summed E-state index contributed by atoms with van der Waals surface area (Å²) in [5.41, 5.74) is 9.22. The van der Waals surface area contributed by atoms with Gasteiger partial charge in [0.2, 0.25) is 0 Å². The molecule has 2 aromatic rings. The van der Waals surface area contributed by atoms with Crippen LogP contribution < -0.4 is 16.1 Å². The van der Waals surface area contributed by atoms with Gasteiger partial charge in [-0.3, -0.25) is 10.3 Å². The number of halogens is 2. The first-order chi connectivity index (χ1) is 14.8. The summed E-state index contributed by atoms with van der Waals surface area (Å²) in [4.78, 5) is 4.39. The minimum absolute atomic E-state index is 0.0353. The van der Waals surface area contributed by atoms with Gasteiger partial charge in [0.25, 0.3) is 0 Å². The number of piperazine rings is 1. The summed E-state index contributed by atoms with van der Waals surface area (Å²) in [5.74, 6) is -0.571. The van der Waals surface area contributed by atoms with Crippen LogP contribution in [0.25, 0.3) is 0 Å². The van der Waals surface area contributed by atoms with E-state index in [1.165, 1.54) is 17.8 Å². The van der Waals surface area contributed by atoms with E-state index in [1.807, 2.05) is 23.1 Å². The lowest BCUT2D eigenvalue weighted by Gasteiger charge is -2.43. The Morgan fingerprint density at radius 2 is 1.97 bits per heavy atom. The number of nitrogens with two attached hydrogens (primary N) is 1. The van der Waals surface area contributed by atoms with Crippen LogP contribution in [0.3, 0.4) is 0 Å². The highest BCUT2D eigenvalue weighted by Gasteiger charge is 2.30. The van der Waals surface area contributed by atoms with Crippen molar-refractivity contribution in [2.45, 2.75) is 32.9 Å². The van der Waals surface area contributed by atoms with E-state index >= 15 is 4.39 Å². The topological polar surface area (TPSA) is 56.9 Å². The molecule has 1 aliphatic rings. The summed E-state index contributed by atoms with van der Waals surface area (Å²) in [6.07, 6.45) is 2.07. The monoisotopic (exact) mass is 445 g/mol. The number of nitrogens with one attached hydrogen (secondary N) is 1. The van der Waals surface area contributed by atoms with Crippen LogP contribution >= 0.6 is 12.2 Å². The van der Waals surface area contributed by atoms with E-state index in [0.29, 0.717) is 18.2 Å². The first-order valence-corrected chi connectivity index (χ1v) is 10.8. The number of hydrazone groups is 1. The molecule has 1 heterocycles. The van der Waals surface area contributed by atoms with Crippen LogP contribution in [0.15, 0.2) is 47.6 Å². The molecule has 0 radical (unpaired) electrons. The molecule has 2 aromatic carbocycles. The molecule has 0 amide bonds. The van der Waals surface area contributed by atoms with Gasteiger partial charge in [0, 0.05) is 43.9 Å². The lowest BCUT2D eigenvalue weighted by atomic mass is 9.98. The van der Waals surface area contributed by atoms with Gasteiger partial charge in [0.1, 0.15) is 11.6 Å². The van der Waals surface area contributed by atoms with Gasteiger partial charge in [-0.2, -0.15) is 5.10 Å². The predicted octanol–water partition coefficient (Wildman–Crippen LogP) is 3.87. The molecule has 1 atom stereocenters. The number of hydrogen-bond acceptors (Lipinski definition) is 4. The van der Waals surface area contributed by atoms with Crippen LogP contribution in [0.5, 0.6) is 0 Å².